The molecule has 1 aliphatic heterocycles. The van der Waals surface area contributed by atoms with Gasteiger partial charge in [0.2, 0.25) is 5.95 Å². The second kappa shape index (κ2) is 6.68. The Balaban J connectivity index is 1.71. The Morgan fingerprint density at radius 2 is 2.24 bits per heavy atom. The fourth-order valence-corrected chi connectivity index (χ4v) is 3.30. The maximum atomic E-state index is 12.4. The van der Waals surface area contributed by atoms with Crippen molar-refractivity contribution < 1.29 is 4.74 Å². The minimum absolute atomic E-state index is 0.121. The van der Waals surface area contributed by atoms with Gasteiger partial charge in [0.15, 0.2) is 5.65 Å². The van der Waals surface area contributed by atoms with Gasteiger partial charge in [-0.15, -0.1) is 0 Å². The summed E-state index contributed by atoms with van der Waals surface area (Å²) in [6.45, 7) is 2.90. The number of benzene rings is 1. The lowest BCUT2D eigenvalue weighted by molar-refractivity contribution is 0.0941. The van der Waals surface area contributed by atoms with E-state index in [2.05, 4.69) is 27.3 Å². The Morgan fingerprint density at radius 1 is 1.40 bits per heavy atom. The van der Waals surface area contributed by atoms with E-state index < -0.39 is 0 Å². The Bertz CT molecular complexity index is 912. The van der Waals surface area contributed by atoms with E-state index in [1.165, 1.54) is 0 Å². The largest absolute Gasteiger partial charge is 0.376 e. The molecular weight excluding hydrogens is 318 g/mol. The van der Waals surface area contributed by atoms with Gasteiger partial charge in [-0.3, -0.25) is 9.78 Å². The number of aromatic nitrogens is 4. The summed E-state index contributed by atoms with van der Waals surface area (Å²) in [5.41, 5.74) is 1.21. The standard InChI is InChI=1S/C18H21N5O2/c1-2-14(15-9-6-10-25-15)20-18-21-16-13(17(24)22-18)11-19-23(16)12-7-4-3-5-8-12/h3-5,7-8,11,14-15H,2,6,9-10H2,1H3,(H2,20,21,22,24). The Morgan fingerprint density at radius 3 is 2.96 bits per heavy atom. The molecule has 0 saturated carbocycles. The average Bonchev–Trinajstić information content (AvgIpc) is 3.30. The Hall–Kier alpha value is -2.67. The van der Waals surface area contributed by atoms with Gasteiger partial charge in [0.1, 0.15) is 5.39 Å². The van der Waals surface area contributed by atoms with Gasteiger partial charge in [-0.05, 0) is 31.4 Å². The minimum Gasteiger partial charge on any atom is -0.376 e. The number of fused-ring (bicyclic) bond motifs is 1. The predicted octanol–water partition coefficient (Wildman–Crippen LogP) is 2.48. The first kappa shape index (κ1) is 15.8. The third-order valence-electron chi connectivity index (χ3n) is 4.61. The lowest BCUT2D eigenvalue weighted by Crippen LogP contribution is -2.34. The highest BCUT2D eigenvalue weighted by atomic mass is 16.5. The van der Waals surface area contributed by atoms with Crippen LogP contribution in [0.1, 0.15) is 26.2 Å². The fourth-order valence-electron chi connectivity index (χ4n) is 3.30. The van der Waals surface area contributed by atoms with Crippen LogP contribution in [0.4, 0.5) is 5.95 Å². The molecule has 130 valence electrons. The number of H-pyrrole nitrogens is 1. The van der Waals surface area contributed by atoms with Gasteiger partial charge < -0.3 is 10.1 Å². The van der Waals surface area contributed by atoms with E-state index in [1.54, 1.807) is 10.9 Å². The van der Waals surface area contributed by atoms with Crippen LogP contribution in [-0.4, -0.2) is 38.5 Å². The molecule has 0 aliphatic carbocycles. The first-order chi connectivity index (χ1) is 12.3. The van der Waals surface area contributed by atoms with E-state index in [0.717, 1.165) is 31.6 Å². The molecular formula is C18H21N5O2. The topological polar surface area (TPSA) is 84.8 Å². The van der Waals surface area contributed by atoms with Crippen molar-refractivity contribution in [3.05, 3.63) is 46.9 Å². The first-order valence-corrected chi connectivity index (χ1v) is 8.68. The molecule has 1 saturated heterocycles. The van der Waals surface area contributed by atoms with Gasteiger partial charge in [-0.25, -0.2) is 4.68 Å². The van der Waals surface area contributed by atoms with Gasteiger partial charge >= 0.3 is 0 Å². The zero-order chi connectivity index (χ0) is 17.2. The zero-order valence-corrected chi connectivity index (χ0v) is 14.1. The molecule has 0 spiro atoms. The van der Waals surface area contributed by atoms with Crippen LogP contribution in [0.15, 0.2) is 41.3 Å². The van der Waals surface area contributed by atoms with Gasteiger partial charge in [0, 0.05) is 6.61 Å². The van der Waals surface area contributed by atoms with Crippen LogP contribution in [0.5, 0.6) is 0 Å². The van der Waals surface area contributed by atoms with Crippen molar-refractivity contribution in [1.82, 2.24) is 19.7 Å². The smallest absolute Gasteiger partial charge is 0.263 e. The maximum absolute atomic E-state index is 12.4. The monoisotopic (exact) mass is 339 g/mol. The molecule has 3 aromatic rings. The number of hydrogen-bond acceptors (Lipinski definition) is 5. The van der Waals surface area contributed by atoms with E-state index in [0.29, 0.717) is 17.0 Å². The Kier molecular flexibility index (Phi) is 4.23. The number of aromatic amines is 1. The van der Waals surface area contributed by atoms with E-state index >= 15 is 0 Å². The quantitative estimate of drug-likeness (QED) is 0.746. The third kappa shape index (κ3) is 3.02. The lowest BCUT2D eigenvalue weighted by atomic mass is 10.1. The van der Waals surface area contributed by atoms with Gasteiger partial charge in [0.05, 0.1) is 24.0 Å². The Labute approximate surface area is 145 Å². The second-order valence-corrected chi connectivity index (χ2v) is 6.25. The van der Waals surface area contributed by atoms with Crippen LogP contribution in [0.25, 0.3) is 16.7 Å². The molecule has 2 aromatic heterocycles. The number of para-hydroxylation sites is 1. The summed E-state index contributed by atoms with van der Waals surface area (Å²) in [6.07, 6.45) is 4.71. The molecule has 2 N–H and O–H groups in total. The highest BCUT2D eigenvalue weighted by Crippen LogP contribution is 2.21. The van der Waals surface area contributed by atoms with Gasteiger partial charge in [-0.2, -0.15) is 10.1 Å². The summed E-state index contributed by atoms with van der Waals surface area (Å²) < 4.78 is 7.46. The van der Waals surface area contributed by atoms with Crippen molar-refractivity contribution in [2.45, 2.75) is 38.3 Å². The normalized spacial score (nSPS) is 18.5. The molecule has 0 radical (unpaired) electrons. The van der Waals surface area contributed by atoms with Crippen LogP contribution in [0.3, 0.4) is 0 Å². The fraction of sp³-hybridized carbons (Fsp3) is 0.389. The molecule has 2 unspecified atom stereocenters. The molecule has 0 amide bonds. The summed E-state index contributed by atoms with van der Waals surface area (Å²) >= 11 is 0. The molecule has 25 heavy (non-hydrogen) atoms. The van der Waals surface area contributed by atoms with Gasteiger partial charge in [-0.1, -0.05) is 25.1 Å². The van der Waals surface area contributed by atoms with E-state index in [-0.39, 0.29) is 17.7 Å². The average molecular weight is 339 g/mol. The summed E-state index contributed by atoms with van der Waals surface area (Å²) in [5.74, 6) is 0.456. The summed E-state index contributed by atoms with van der Waals surface area (Å²) in [6, 6.07) is 9.79. The van der Waals surface area contributed by atoms with Crippen LogP contribution in [0.2, 0.25) is 0 Å². The van der Waals surface area contributed by atoms with Crippen LogP contribution in [-0.2, 0) is 4.74 Å². The number of nitrogens with zero attached hydrogens (tertiary/aromatic N) is 3. The molecule has 7 nitrogen and oxygen atoms in total. The molecule has 1 aliphatic rings. The third-order valence-corrected chi connectivity index (χ3v) is 4.61. The molecule has 7 heteroatoms. The van der Waals surface area contributed by atoms with Gasteiger partial charge in [0.25, 0.3) is 5.56 Å². The van der Waals surface area contributed by atoms with Crippen LogP contribution < -0.4 is 10.9 Å². The molecule has 1 fully saturated rings. The highest BCUT2D eigenvalue weighted by Gasteiger charge is 2.25. The van der Waals surface area contributed by atoms with E-state index in [9.17, 15) is 4.79 Å². The van der Waals surface area contributed by atoms with Crippen LogP contribution >= 0.6 is 0 Å². The lowest BCUT2D eigenvalue weighted by Gasteiger charge is -2.23. The second-order valence-electron chi connectivity index (χ2n) is 6.25. The SMILES string of the molecule is CCC(Nc1nc2c(cnn2-c2ccccc2)c(=O)[nH]1)C1CCCO1. The maximum Gasteiger partial charge on any atom is 0.263 e. The number of nitrogens with one attached hydrogen (secondary N) is 2. The molecule has 2 atom stereocenters. The van der Waals surface area contributed by atoms with E-state index in [4.69, 9.17) is 4.74 Å². The van der Waals surface area contributed by atoms with Crippen molar-refractivity contribution in [1.29, 1.82) is 0 Å². The zero-order valence-electron chi connectivity index (χ0n) is 14.1. The molecule has 4 rings (SSSR count). The molecule has 1 aromatic carbocycles. The van der Waals surface area contributed by atoms with Crippen molar-refractivity contribution in [3.8, 4) is 5.69 Å². The highest BCUT2D eigenvalue weighted by molar-refractivity contribution is 5.76. The van der Waals surface area contributed by atoms with E-state index in [1.807, 2.05) is 30.3 Å². The predicted molar refractivity (Wildman–Crippen MR) is 96.2 cm³/mol. The minimum atomic E-state index is -0.197. The van der Waals surface area contributed by atoms with Crippen LogP contribution in [0, 0.1) is 0 Å². The van der Waals surface area contributed by atoms with Crippen molar-refractivity contribution in [3.63, 3.8) is 0 Å². The molecule has 3 heterocycles. The summed E-state index contributed by atoms with van der Waals surface area (Å²) in [7, 11) is 0. The summed E-state index contributed by atoms with van der Waals surface area (Å²) in [4.78, 5) is 19.8. The van der Waals surface area contributed by atoms with Crippen molar-refractivity contribution >= 4 is 17.0 Å². The number of ether oxygens (including phenoxy) is 1. The van der Waals surface area contributed by atoms with Crippen molar-refractivity contribution in [2.75, 3.05) is 11.9 Å². The van der Waals surface area contributed by atoms with Crippen molar-refractivity contribution in [2.24, 2.45) is 0 Å². The number of hydrogen-bond donors (Lipinski definition) is 2. The molecule has 0 bridgehead atoms. The first-order valence-electron chi connectivity index (χ1n) is 8.68. The summed E-state index contributed by atoms with van der Waals surface area (Å²) in [5, 5.41) is 8.14. The number of anilines is 1. The number of rotatable bonds is 5.